The second kappa shape index (κ2) is 18.1. The highest BCUT2D eigenvalue weighted by molar-refractivity contribution is 8.00. The number of allylic oxidation sites excluding steroid dienone is 5. The van der Waals surface area contributed by atoms with Crippen LogP contribution in [0, 0.1) is 29.6 Å². The molecule has 1 aliphatic carbocycles. The number of nitrogens with two attached hydrogens (primary N) is 1. The predicted molar refractivity (Wildman–Crippen MR) is 165 cm³/mol. The van der Waals surface area contributed by atoms with Gasteiger partial charge in [-0.15, -0.1) is 12.8 Å². The van der Waals surface area contributed by atoms with Gasteiger partial charge in [0.2, 0.25) is 0 Å². The first-order valence-corrected chi connectivity index (χ1v) is 15.3. The summed E-state index contributed by atoms with van der Waals surface area (Å²) in [5.41, 5.74) is 5.12. The van der Waals surface area contributed by atoms with Gasteiger partial charge in [-0.25, -0.2) is 12.9 Å². The fourth-order valence-electron chi connectivity index (χ4n) is 3.70. The Bertz CT molecular complexity index is 1210. The third-order valence-electron chi connectivity index (χ3n) is 5.87. The number of ether oxygens (including phenoxy) is 1. The smallest absolute Gasteiger partial charge is 0.309 e. The SMILES string of the molecule is C#C.C1CSC1.CC(C)Oc1ccc(S(=O)N2CCC[C@]2(C)C#N)cc1.N=C1C=C(F)CC=C/C1=C(/N)CC(=O)O. The van der Waals surface area contributed by atoms with E-state index in [9.17, 15) is 18.7 Å². The zero-order valence-corrected chi connectivity index (χ0v) is 25.4. The second-order valence-corrected chi connectivity index (χ2v) is 12.2. The van der Waals surface area contributed by atoms with Crippen LogP contribution in [0.15, 0.2) is 64.5 Å². The van der Waals surface area contributed by atoms with Gasteiger partial charge >= 0.3 is 5.97 Å². The van der Waals surface area contributed by atoms with Crippen LogP contribution in [0.4, 0.5) is 4.39 Å². The number of aliphatic carboxylic acids is 1. The molecule has 11 heteroatoms. The van der Waals surface area contributed by atoms with E-state index in [1.165, 1.54) is 30.1 Å². The quantitative estimate of drug-likeness (QED) is 0.352. The minimum Gasteiger partial charge on any atom is -0.491 e. The molecule has 2 aliphatic heterocycles. The van der Waals surface area contributed by atoms with Gasteiger partial charge < -0.3 is 21.0 Å². The Balaban J connectivity index is 0.000000351. The van der Waals surface area contributed by atoms with Crippen LogP contribution in [0.3, 0.4) is 0 Å². The summed E-state index contributed by atoms with van der Waals surface area (Å²) < 4.78 is 32.8. The molecule has 8 nitrogen and oxygen atoms in total. The minimum atomic E-state index is -1.29. The first kappa shape index (κ1) is 35.6. The van der Waals surface area contributed by atoms with E-state index < -0.39 is 28.3 Å². The third kappa shape index (κ3) is 11.9. The number of rotatable bonds is 6. The molecule has 0 aromatic heterocycles. The fraction of sp³-hybridized carbons (Fsp3) is 0.433. The van der Waals surface area contributed by atoms with Gasteiger partial charge in [-0.3, -0.25) is 4.79 Å². The zero-order valence-electron chi connectivity index (χ0n) is 23.8. The van der Waals surface area contributed by atoms with Gasteiger partial charge in [-0.05, 0) is 81.9 Å². The van der Waals surface area contributed by atoms with Crippen molar-refractivity contribution in [1.82, 2.24) is 4.31 Å². The molecule has 0 bridgehead atoms. The average Bonchev–Trinajstić information content (AvgIpc) is 3.19. The van der Waals surface area contributed by atoms with Gasteiger partial charge in [0.1, 0.15) is 28.1 Å². The number of benzene rings is 1. The minimum absolute atomic E-state index is 0.0645. The highest BCUT2D eigenvalue weighted by atomic mass is 32.2. The zero-order chi connectivity index (χ0) is 31.0. The Hall–Kier alpha value is -3.38. The third-order valence-corrected chi connectivity index (χ3v) is 8.68. The van der Waals surface area contributed by atoms with E-state index in [0.29, 0.717) is 11.4 Å². The molecule has 4 rings (SSSR count). The van der Waals surface area contributed by atoms with Gasteiger partial charge in [0.25, 0.3) is 0 Å². The molecule has 1 aromatic carbocycles. The Morgan fingerprint density at radius 2 is 1.90 bits per heavy atom. The molecule has 2 fully saturated rings. The molecule has 3 aliphatic rings. The lowest BCUT2D eigenvalue weighted by molar-refractivity contribution is -0.136. The topological polar surface area (TPSA) is 140 Å². The van der Waals surface area contributed by atoms with Crippen LogP contribution < -0.4 is 10.5 Å². The summed E-state index contributed by atoms with van der Waals surface area (Å²) in [7, 11) is -1.29. The Kier molecular flexibility index (Phi) is 15.8. The summed E-state index contributed by atoms with van der Waals surface area (Å²) in [5, 5.41) is 25.3. The summed E-state index contributed by atoms with van der Waals surface area (Å²) in [5.74, 6) is 2.09. The van der Waals surface area contributed by atoms with Crippen LogP contribution in [0.25, 0.3) is 0 Å². The number of carbonyl (C=O) groups is 1. The molecule has 0 amide bonds. The number of thioether (sulfide) groups is 1. The first-order valence-electron chi connectivity index (χ1n) is 13.1. The summed E-state index contributed by atoms with van der Waals surface area (Å²) in [6, 6.07) is 9.56. The van der Waals surface area contributed by atoms with Crippen LogP contribution in [0.1, 0.15) is 52.9 Å². The number of nitrogens with zero attached hydrogens (tertiary/aromatic N) is 2. The fourth-order valence-corrected chi connectivity index (χ4v) is 5.41. The monoisotopic (exact) mass is 602 g/mol. The Morgan fingerprint density at radius 1 is 1.32 bits per heavy atom. The van der Waals surface area contributed by atoms with Crippen LogP contribution in [-0.2, 0) is 15.8 Å². The maximum Gasteiger partial charge on any atom is 0.309 e. The van der Waals surface area contributed by atoms with E-state index in [4.69, 9.17) is 21.0 Å². The Morgan fingerprint density at radius 3 is 2.39 bits per heavy atom. The second-order valence-electron chi connectivity index (χ2n) is 9.57. The predicted octanol–water partition coefficient (Wildman–Crippen LogP) is 5.75. The molecule has 41 heavy (non-hydrogen) atoms. The Labute approximate surface area is 249 Å². The number of hydrogen-bond donors (Lipinski definition) is 3. The summed E-state index contributed by atoms with van der Waals surface area (Å²) >= 11 is 2.04. The van der Waals surface area contributed by atoms with Gasteiger partial charge in [0.05, 0.1) is 29.2 Å². The molecule has 222 valence electrons. The van der Waals surface area contributed by atoms with Crippen molar-refractivity contribution in [3.05, 3.63) is 59.6 Å². The molecule has 2 saturated heterocycles. The van der Waals surface area contributed by atoms with Gasteiger partial charge in [-0.2, -0.15) is 17.0 Å². The highest BCUT2D eigenvalue weighted by Crippen LogP contribution is 2.32. The van der Waals surface area contributed by atoms with E-state index in [1.807, 2.05) is 56.8 Å². The average molecular weight is 603 g/mol. The number of terminal acetylenes is 1. The molecule has 2 heterocycles. The van der Waals surface area contributed by atoms with Crippen molar-refractivity contribution in [2.45, 2.75) is 69.4 Å². The van der Waals surface area contributed by atoms with Crippen molar-refractivity contribution in [3.8, 4) is 24.7 Å². The number of carboxylic acid groups (broad SMARTS) is 1. The number of nitrogens with one attached hydrogen (secondary N) is 1. The molecule has 1 aromatic rings. The van der Waals surface area contributed by atoms with Crippen LogP contribution in [0.2, 0.25) is 0 Å². The van der Waals surface area contributed by atoms with Crippen molar-refractivity contribution in [1.29, 1.82) is 10.7 Å². The molecule has 2 atom stereocenters. The van der Waals surface area contributed by atoms with Crippen molar-refractivity contribution in [2.24, 2.45) is 5.73 Å². The molecule has 0 saturated carbocycles. The molecule has 4 N–H and O–H groups in total. The molecular weight excluding hydrogens is 563 g/mol. The number of nitriles is 1. The van der Waals surface area contributed by atoms with Crippen molar-refractivity contribution in [3.63, 3.8) is 0 Å². The van der Waals surface area contributed by atoms with E-state index in [1.54, 1.807) is 4.31 Å². The maximum atomic E-state index is 12.9. The van der Waals surface area contributed by atoms with Crippen molar-refractivity contribution >= 4 is 34.4 Å². The molecule has 0 radical (unpaired) electrons. The van der Waals surface area contributed by atoms with Crippen LogP contribution in [0.5, 0.6) is 5.75 Å². The van der Waals surface area contributed by atoms with Crippen molar-refractivity contribution in [2.75, 3.05) is 18.1 Å². The first-order chi connectivity index (χ1) is 19.5. The standard InChI is InChI=1S/C15H20N2O2S.C10H11FN2O2.C3H6S.C2H2/c1-12(2)19-13-5-7-14(8-6-13)20(18)17-10-4-9-15(17,3)11-16;11-6-2-1-3-7(8(12)4-6)9(13)5-10(14)15;1-2-4-3-1;1-2/h5-8,12H,4,9-10H2,1-3H3;1,3-4,12H,2,5,13H2,(H,14,15);1-3H2;1-2H/b;9-7-,12-8?;;/t15-,20?;;;/m1.../s1. The van der Waals surface area contributed by atoms with E-state index in [0.717, 1.165) is 24.7 Å². The number of halogens is 1. The van der Waals surface area contributed by atoms with Gasteiger partial charge in [-0.1, -0.05) is 12.2 Å². The highest BCUT2D eigenvalue weighted by Gasteiger charge is 2.40. The largest absolute Gasteiger partial charge is 0.491 e. The van der Waals surface area contributed by atoms with E-state index in [-0.39, 0.29) is 35.9 Å². The summed E-state index contributed by atoms with van der Waals surface area (Å²) in [6.45, 7) is 6.48. The summed E-state index contributed by atoms with van der Waals surface area (Å²) in [6.07, 6.45) is 15.0. The van der Waals surface area contributed by atoms with E-state index >= 15 is 0 Å². The number of carboxylic acids is 1. The number of hydrogen-bond acceptors (Lipinski definition) is 7. The van der Waals surface area contributed by atoms with Crippen molar-refractivity contribution < 1.29 is 23.2 Å². The maximum absolute atomic E-state index is 12.9. The van der Waals surface area contributed by atoms with Crippen LogP contribution >= 0.6 is 11.8 Å². The molecule has 0 spiro atoms. The molecular formula is C30H39FN4O4S2. The molecule has 1 unspecified atom stereocenters. The summed E-state index contributed by atoms with van der Waals surface area (Å²) in [4.78, 5) is 11.1. The lowest BCUT2D eigenvalue weighted by atomic mass is 10.0. The normalized spacial score (nSPS) is 21.5. The lowest BCUT2D eigenvalue weighted by Gasteiger charge is -2.27. The van der Waals surface area contributed by atoms with Gasteiger partial charge in [0, 0.05) is 24.2 Å². The van der Waals surface area contributed by atoms with Gasteiger partial charge in [0.15, 0.2) is 0 Å². The lowest BCUT2D eigenvalue weighted by Crippen LogP contribution is -2.40. The van der Waals surface area contributed by atoms with E-state index in [2.05, 4.69) is 18.9 Å². The van der Waals surface area contributed by atoms with Crippen LogP contribution in [-0.4, -0.2) is 55.0 Å².